The van der Waals surface area contributed by atoms with Crippen molar-refractivity contribution >= 4 is 34.4 Å². The molecule has 4 rings (SSSR count). The summed E-state index contributed by atoms with van der Waals surface area (Å²) in [6.45, 7) is 2.75. The molecule has 9 heteroatoms. The summed E-state index contributed by atoms with van der Waals surface area (Å²) in [6.07, 6.45) is 0.0729. The van der Waals surface area contributed by atoms with E-state index in [4.69, 9.17) is 9.47 Å². The standard InChI is InChI=1S/C21H20FN3O4S/c1-2-23-20(27)18-10-19(26)25(11-13-3-8-16-17(9-13)29-12-28-16)21(30-18)24-15-6-4-14(22)5-7-15/h3-9,18H,2,10-12H2,1H3,(H,23,27). The number of nitrogens with one attached hydrogen (secondary N) is 1. The second-order valence-corrected chi connectivity index (χ2v) is 7.91. The van der Waals surface area contributed by atoms with E-state index in [1.165, 1.54) is 36.0 Å². The molecule has 0 saturated carbocycles. The number of benzene rings is 2. The van der Waals surface area contributed by atoms with Crippen LogP contribution >= 0.6 is 11.8 Å². The third-order valence-corrected chi connectivity index (χ3v) is 5.80. The summed E-state index contributed by atoms with van der Waals surface area (Å²) in [4.78, 5) is 31.4. The summed E-state index contributed by atoms with van der Waals surface area (Å²) in [5.74, 6) is 0.508. The van der Waals surface area contributed by atoms with E-state index in [-0.39, 0.29) is 37.4 Å². The molecule has 1 fully saturated rings. The van der Waals surface area contributed by atoms with Crippen LogP contribution in [0.5, 0.6) is 11.5 Å². The Balaban J connectivity index is 1.63. The normalized spacial score (nSPS) is 19.3. The van der Waals surface area contributed by atoms with Crippen molar-refractivity contribution in [1.82, 2.24) is 10.2 Å². The largest absolute Gasteiger partial charge is 0.454 e. The SMILES string of the molecule is CCNC(=O)C1CC(=O)N(Cc2ccc3c(c2)OCO3)C(=Nc2ccc(F)cc2)S1. The van der Waals surface area contributed by atoms with Gasteiger partial charge in [0.05, 0.1) is 17.5 Å². The summed E-state index contributed by atoms with van der Waals surface area (Å²) >= 11 is 1.23. The maximum Gasteiger partial charge on any atom is 0.234 e. The summed E-state index contributed by atoms with van der Waals surface area (Å²) in [5.41, 5.74) is 1.34. The van der Waals surface area contributed by atoms with Gasteiger partial charge in [0, 0.05) is 13.0 Å². The highest BCUT2D eigenvalue weighted by Crippen LogP contribution is 2.35. The van der Waals surface area contributed by atoms with E-state index >= 15 is 0 Å². The predicted octanol–water partition coefficient (Wildman–Crippen LogP) is 3.21. The Labute approximate surface area is 177 Å². The van der Waals surface area contributed by atoms with Crippen molar-refractivity contribution in [3.05, 3.63) is 53.8 Å². The molecule has 0 aliphatic carbocycles. The van der Waals surface area contributed by atoms with Crippen molar-refractivity contribution in [2.75, 3.05) is 13.3 Å². The van der Waals surface area contributed by atoms with Gasteiger partial charge in [0.1, 0.15) is 5.82 Å². The molecule has 0 spiro atoms. The number of aliphatic imine (C=N–C) groups is 1. The number of fused-ring (bicyclic) bond motifs is 1. The molecule has 0 aromatic heterocycles. The summed E-state index contributed by atoms with van der Waals surface area (Å²) in [5, 5.41) is 2.58. The molecule has 30 heavy (non-hydrogen) atoms. The van der Waals surface area contributed by atoms with E-state index in [0.717, 1.165) is 5.56 Å². The summed E-state index contributed by atoms with van der Waals surface area (Å²) in [7, 11) is 0. The number of thioether (sulfide) groups is 1. The summed E-state index contributed by atoms with van der Waals surface area (Å²) in [6, 6.07) is 11.1. The molecule has 1 atom stereocenters. The molecule has 2 aliphatic heterocycles. The van der Waals surface area contributed by atoms with Crippen LogP contribution in [0.2, 0.25) is 0 Å². The minimum Gasteiger partial charge on any atom is -0.454 e. The molecular weight excluding hydrogens is 409 g/mol. The number of nitrogens with zero attached hydrogens (tertiary/aromatic N) is 2. The lowest BCUT2D eigenvalue weighted by Crippen LogP contribution is -2.46. The van der Waals surface area contributed by atoms with Gasteiger partial charge in [-0.05, 0) is 48.9 Å². The number of rotatable bonds is 5. The third kappa shape index (κ3) is 4.40. The highest BCUT2D eigenvalue weighted by Gasteiger charge is 2.36. The number of carbonyl (C=O) groups is 2. The monoisotopic (exact) mass is 429 g/mol. The molecular formula is C21H20FN3O4S. The number of carbonyl (C=O) groups excluding carboxylic acids is 2. The van der Waals surface area contributed by atoms with E-state index in [0.29, 0.717) is 28.9 Å². The molecule has 156 valence electrons. The molecule has 2 heterocycles. The zero-order chi connectivity index (χ0) is 21.1. The molecule has 1 unspecified atom stereocenters. The molecule has 2 aliphatic rings. The predicted molar refractivity (Wildman–Crippen MR) is 111 cm³/mol. The van der Waals surface area contributed by atoms with Crippen LogP contribution < -0.4 is 14.8 Å². The Morgan fingerprint density at radius 3 is 2.77 bits per heavy atom. The average molecular weight is 429 g/mol. The number of hydrogen-bond acceptors (Lipinski definition) is 6. The molecule has 2 aromatic rings. The Bertz CT molecular complexity index is 996. The topological polar surface area (TPSA) is 80.2 Å². The third-order valence-electron chi connectivity index (χ3n) is 4.61. The van der Waals surface area contributed by atoms with Gasteiger partial charge in [-0.3, -0.25) is 14.5 Å². The number of ether oxygens (including phenoxy) is 2. The second kappa shape index (κ2) is 8.74. The van der Waals surface area contributed by atoms with Gasteiger partial charge in [0.25, 0.3) is 0 Å². The maximum atomic E-state index is 13.3. The molecule has 7 nitrogen and oxygen atoms in total. The van der Waals surface area contributed by atoms with E-state index in [1.807, 2.05) is 19.1 Å². The molecule has 0 radical (unpaired) electrons. The van der Waals surface area contributed by atoms with Crippen LogP contribution in [0, 0.1) is 5.82 Å². The Kier molecular flexibility index (Phi) is 5.89. The summed E-state index contributed by atoms with van der Waals surface area (Å²) < 4.78 is 24.0. The van der Waals surface area contributed by atoms with Crippen LogP contribution in [0.4, 0.5) is 10.1 Å². The highest BCUT2D eigenvalue weighted by molar-refractivity contribution is 8.15. The highest BCUT2D eigenvalue weighted by atomic mass is 32.2. The number of amides is 2. The smallest absolute Gasteiger partial charge is 0.234 e. The van der Waals surface area contributed by atoms with Crippen LogP contribution in [0.25, 0.3) is 0 Å². The van der Waals surface area contributed by atoms with Gasteiger partial charge >= 0.3 is 0 Å². The van der Waals surface area contributed by atoms with Crippen molar-refractivity contribution in [3.8, 4) is 11.5 Å². The fourth-order valence-corrected chi connectivity index (χ4v) is 4.26. The first kappa shape index (κ1) is 20.2. The molecule has 2 aromatic carbocycles. The Morgan fingerprint density at radius 1 is 1.23 bits per heavy atom. The fraction of sp³-hybridized carbons (Fsp3) is 0.286. The van der Waals surface area contributed by atoms with Crippen molar-refractivity contribution < 1.29 is 23.5 Å². The second-order valence-electron chi connectivity index (χ2n) is 6.74. The number of amidine groups is 1. The van der Waals surface area contributed by atoms with E-state index in [1.54, 1.807) is 11.0 Å². The average Bonchev–Trinajstić information content (AvgIpc) is 3.20. The van der Waals surface area contributed by atoms with Gasteiger partial charge in [0.15, 0.2) is 16.7 Å². The molecule has 0 bridgehead atoms. The first-order chi connectivity index (χ1) is 14.5. The van der Waals surface area contributed by atoms with Crippen LogP contribution in [0.3, 0.4) is 0 Å². The minimum atomic E-state index is -0.565. The fourth-order valence-electron chi connectivity index (χ4n) is 3.13. The van der Waals surface area contributed by atoms with Gasteiger partial charge in [-0.25, -0.2) is 9.38 Å². The van der Waals surface area contributed by atoms with E-state index in [2.05, 4.69) is 10.3 Å². The molecule has 2 amide bonds. The Morgan fingerprint density at radius 2 is 2.00 bits per heavy atom. The quantitative estimate of drug-likeness (QED) is 0.790. The molecule has 1 N–H and O–H groups in total. The van der Waals surface area contributed by atoms with Gasteiger partial charge in [-0.2, -0.15) is 0 Å². The van der Waals surface area contributed by atoms with Crippen LogP contribution in [-0.4, -0.2) is 40.5 Å². The van der Waals surface area contributed by atoms with Gasteiger partial charge in [-0.1, -0.05) is 17.8 Å². The van der Waals surface area contributed by atoms with Crippen molar-refractivity contribution in [1.29, 1.82) is 0 Å². The molecule has 1 saturated heterocycles. The maximum absolute atomic E-state index is 13.3. The van der Waals surface area contributed by atoms with Gasteiger partial charge in [-0.15, -0.1) is 0 Å². The Hall–Kier alpha value is -3.07. The van der Waals surface area contributed by atoms with E-state index in [9.17, 15) is 14.0 Å². The lowest BCUT2D eigenvalue weighted by Gasteiger charge is -2.31. The van der Waals surface area contributed by atoms with Crippen LogP contribution in [0.15, 0.2) is 47.5 Å². The number of hydrogen-bond donors (Lipinski definition) is 1. The zero-order valence-electron chi connectivity index (χ0n) is 16.3. The zero-order valence-corrected chi connectivity index (χ0v) is 17.1. The van der Waals surface area contributed by atoms with Crippen molar-refractivity contribution in [3.63, 3.8) is 0 Å². The van der Waals surface area contributed by atoms with E-state index < -0.39 is 5.25 Å². The van der Waals surface area contributed by atoms with Gasteiger partial charge in [0.2, 0.25) is 18.6 Å². The minimum absolute atomic E-state index is 0.0729. The first-order valence-corrected chi connectivity index (χ1v) is 10.4. The van der Waals surface area contributed by atoms with Crippen LogP contribution in [-0.2, 0) is 16.1 Å². The lowest BCUT2D eigenvalue weighted by molar-refractivity contribution is -0.130. The first-order valence-electron chi connectivity index (χ1n) is 9.51. The van der Waals surface area contributed by atoms with Gasteiger partial charge < -0.3 is 14.8 Å². The van der Waals surface area contributed by atoms with Crippen LogP contribution in [0.1, 0.15) is 18.9 Å². The van der Waals surface area contributed by atoms with Crippen molar-refractivity contribution in [2.45, 2.75) is 25.1 Å². The lowest BCUT2D eigenvalue weighted by atomic mass is 10.1. The van der Waals surface area contributed by atoms with Crippen molar-refractivity contribution in [2.24, 2.45) is 4.99 Å². The number of halogens is 1.